The first-order valence-electron chi connectivity index (χ1n) is 14.7. The lowest BCUT2D eigenvalue weighted by atomic mass is 10.0. The van der Waals surface area contributed by atoms with Gasteiger partial charge in [0.05, 0.1) is 10.6 Å². The number of carbonyl (C=O) groups excluding carboxylic acids is 2. The zero-order valence-electron chi connectivity index (χ0n) is 25.5. The van der Waals surface area contributed by atoms with Crippen LogP contribution in [0.4, 0.5) is 10.1 Å². The van der Waals surface area contributed by atoms with E-state index in [4.69, 9.17) is 11.6 Å². The summed E-state index contributed by atoms with van der Waals surface area (Å²) in [7, 11) is -4.26. The number of hydrogen-bond donors (Lipinski definition) is 1. The SMILES string of the molecule is Cc1cc(Cl)ccc1N(CC(=O)N(Cc1ccccc1F)[C@H](Cc1ccccc1)C(=O)NCC(C)C)S(=O)(=O)c1ccccc1. The minimum atomic E-state index is -4.26. The highest BCUT2D eigenvalue weighted by Crippen LogP contribution is 2.29. The van der Waals surface area contributed by atoms with E-state index in [0.29, 0.717) is 17.1 Å². The summed E-state index contributed by atoms with van der Waals surface area (Å²) >= 11 is 6.20. The average molecular weight is 650 g/mol. The van der Waals surface area contributed by atoms with Crippen molar-refractivity contribution in [3.8, 4) is 0 Å². The van der Waals surface area contributed by atoms with Gasteiger partial charge in [-0.15, -0.1) is 0 Å². The number of rotatable bonds is 13. The molecule has 1 atom stereocenters. The number of benzene rings is 4. The van der Waals surface area contributed by atoms with Gasteiger partial charge in [-0.1, -0.05) is 92.2 Å². The lowest BCUT2D eigenvalue weighted by Gasteiger charge is -2.34. The molecule has 4 aromatic carbocycles. The molecule has 45 heavy (non-hydrogen) atoms. The third kappa shape index (κ3) is 8.71. The molecule has 0 radical (unpaired) electrons. The summed E-state index contributed by atoms with van der Waals surface area (Å²) in [5, 5.41) is 3.33. The fourth-order valence-electron chi connectivity index (χ4n) is 4.92. The number of sulfonamides is 1. The van der Waals surface area contributed by atoms with E-state index in [0.717, 1.165) is 9.87 Å². The fraction of sp³-hybridized carbons (Fsp3) is 0.257. The summed E-state index contributed by atoms with van der Waals surface area (Å²) in [6.45, 7) is 5.08. The fourth-order valence-corrected chi connectivity index (χ4v) is 6.64. The summed E-state index contributed by atoms with van der Waals surface area (Å²) in [5.74, 6) is -1.50. The van der Waals surface area contributed by atoms with Crippen LogP contribution in [0.3, 0.4) is 0 Å². The van der Waals surface area contributed by atoms with Crippen LogP contribution in [0.5, 0.6) is 0 Å². The minimum Gasteiger partial charge on any atom is -0.354 e. The first-order valence-corrected chi connectivity index (χ1v) is 16.5. The number of anilines is 1. The Morgan fingerprint density at radius 1 is 0.889 bits per heavy atom. The van der Waals surface area contributed by atoms with Crippen LogP contribution in [0.25, 0.3) is 0 Å². The minimum absolute atomic E-state index is 0.0108. The Morgan fingerprint density at radius 3 is 2.13 bits per heavy atom. The molecule has 7 nitrogen and oxygen atoms in total. The lowest BCUT2D eigenvalue weighted by Crippen LogP contribution is -2.54. The second-order valence-electron chi connectivity index (χ2n) is 11.2. The topological polar surface area (TPSA) is 86.8 Å². The molecule has 0 unspecified atom stereocenters. The standard InChI is InChI=1S/C35H37ClFN3O4S/c1-25(2)22-38-35(42)33(21-27-12-6-4-7-13-27)39(23-28-14-10-11-17-31(28)37)34(41)24-40(32-19-18-29(36)20-26(32)3)45(43,44)30-15-8-5-9-16-30/h4-20,25,33H,21-24H2,1-3H3,(H,38,42)/t33-/m1/s1. The number of halogens is 2. The van der Waals surface area contributed by atoms with Crippen LogP contribution in [-0.2, 0) is 32.6 Å². The maximum Gasteiger partial charge on any atom is 0.264 e. The van der Waals surface area contributed by atoms with Crippen LogP contribution in [-0.4, -0.2) is 44.3 Å². The second kappa shape index (κ2) is 15.2. The molecule has 0 spiro atoms. The summed E-state index contributed by atoms with van der Waals surface area (Å²) in [5.41, 5.74) is 1.77. The quantitative estimate of drug-likeness (QED) is 0.182. The van der Waals surface area contributed by atoms with Crippen molar-refractivity contribution in [2.75, 3.05) is 17.4 Å². The van der Waals surface area contributed by atoms with E-state index < -0.39 is 40.2 Å². The molecule has 4 aromatic rings. The van der Waals surface area contributed by atoms with Crippen LogP contribution in [0.2, 0.25) is 5.02 Å². The Kier molecular flexibility index (Phi) is 11.4. The zero-order chi connectivity index (χ0) is 32.6. The van der Waals surface area contributed by atoms with Crippen molar-refractivity contribution in [2.45, 2.75) is 44.7 Å². The van der Waals surface area contributed by atoms with Crippen molar-refractivity contribution in [3.63, 3.8) is 0 Å². The van der Waals surface area contributed by atoms with Crippen molar-refractivity contribution >= 4 is 39.1 Å². The predicted molar refractivity (Wildman–Crippen MR) is 176 cm³/mol. The molecule has 4 rings (SSSR count). The van der Waals surface area contributed by atoms with Gasteiger partial charge in [-0.3, -0.25) is 13.9 Å². The number of amides is 2. The Bertz CT molecular complexity index is 1720. The number of aryl methyl sites for hydroxylation is 1. The molecular weight excluding hydrogens is 613 g/mol. The van der Waals surface area contributed by atoms with Crippen molar-refractivity contribution in [2.24, 2.45) is 5.92 Å². The molecule has 0 fully saturated rings. The molecule has 0 aliphatic carbocycles. The van der Waals surface area contributed by atoms with Gasteiger partial charge >= 0.3 is 0 Å². The summed E-state index contributed by atoms with van der Waals surface area (Å²) in [6.07, 6.45) is 0.135. The van der Waals surface area contributed by atoms with E-state index in [9.17, 15) is 18.0 Å². The van der Waals surface area contributed by atoms with Crippen molar-refractivity contribution in [3.05, 3.63) is 131 Å². The molecule has 0 saturated carbocycles. The van der Waals surface area contributed by atoms with E-state index in [2.05, 4.69) is 5.32 Å². The smallest absolute Gasteiger partial charge is 0.264 e. The maximum atomic E-state index is 15.0. The van der Waals surface area contributed by atoms with Gasteiger partial charge in [-0.25, -0.2) is 12.8 Å². The Balaban J connectivity index is 1.82. The Hall–Kier alpha value is -4.21. The van der Waals surface area contributed by atoms with Crippen LogP contribution in [0, 0.1) is 18.7 Å². The highest BCUT2D eigenvalue weighted by molar-refractivity contribution is 7.92. The van der Waals surface area contributed by atoms with Crippen molar-refractivity contribution in [1.82, 2.24) is 10.2 Å². The van der Waals surface area contributed by atoms with Crippen LogP contribution >= 0.6 is 11.6 Å². The zero-order valence-corrected chi connectivity index (χ0v) is 27.1. The number of carbonyl (C=O) groups is 2. The molecule has 0 bridgehead atoms. The van der Waals surface area contributed by atoms with Crippen molar-refractivity contribution in [1.29, 1.82) is 0 Å². The summed E-state index contributed by atoms with van der Waals surface area (Å²) in [4.78, 5) is 29.5. The second-order valence-corrected chi connectivity index (χ2v) is 13.5. The Labute approximate surface area is 269 Å². The van der Waals surface area contributed by atoms with E-state index in [1.54, 1.807) is 61.5 Å². The van der Waals surface area contributed by atoms with E-state index >= 15 is 4.39 Å². The van der Waals surface area contributed by atoms with Crippen LogP contribution in [0.1, 0.15) is 30.5 Å². The lowest BCUT2D eigenvalue weighted by molar-refractivity contribution is -0.140. The van der Waals surface area contributed by atoms with E-state index in [-0.39, 0.29) is 35.0 Å². The molecule has 0 aliphatic rings. The maximum absolute atomic E-state index is 15.0. The van der Waals surface area contributed by atoms with Gasteiger partial charge in [0.2, 0.25) is 11.8 Å². The third-order valence-corrected chi connectivity index (χ3v) is 9.30. The van der Waals surface area contributed by atoms with Gasteiger partial charge in [0, 0.05) is 30.1 Å². The molecule has 0 saturated heterocycles. The van der Waals surface area contributed by atoms with Crippen molar-refractivity contribution < 1.29 is 22.4 Å². The molecular formula is C35H37ClFN3O4S. The molecule has 1 N–H and O–H groups in total. The van der Waals surface area contributed by atoms with Gasteiger partial charge in [0.1, 0.15) is 18.4 Å². The molecule has 0 heterocycles. The van der Waals surface area contributed by atoms with E-state index in [1.807, 2.05) is 44.2 Å². The molecule has 0 aliphatic heterocycles. The normalized spacial score (nSPS) is 12.0. The summed E-state index contributed by atoms with van der Waals surface area (Å²) < 4.78 is 44.2. The number of hydrogen-bond acceptors (Lipinski definition) is 4. The highest BCUT2D eigenvalue weighted by atomic mass is 35.5. The summed E-state index contributed by atoms with van der Waals surface area (Å²) in [6, 6.07) is 26.7. The number of nitrogens with zero attached hydrogens (tertiary/aromatic N) is 2. The molecule has 0 aromatic heterocycles. The predicted octanol–water partition coefficient (Wildman–Crippen LogP) is 6.40. The third-order valence-electron chi connectivity index (χ3n) is 7.29. The van der Waals surface area contributed by atoms with Crippen LogP contribution in [0.15, 0.2) is 108 Å². The molecule has 236 valence electrons. The highest BCUT2D eigenvalue weighted by Gasteiger charge is 2.35. The van der Waals surface area contributed by atoms with Gasteiger partial charge < -0.3 is 10.2 Å². The van der Waals surface area contributed by atoms with Crippen LogP contribution < -0.4 is 9.62 Å². The van der Waals surface area contributed by atoms with Gasteiger partial charge in [-0.05, 0) is 60.4 Å². The van der Waals surface area contributed by atoms with E-state index in [1.165, 1.54) is 23.1 Å². The first-order chi connectivity index (χ1) is 21.5. The molecule has 2 amide bonds. The monoisotopic (exact) mass is 649 g/mol. The Morgan fingerprint density at radius 2 is 1.51 bits per heavy atom. The van der Waals surface area contributed by atoms with Gasteiger partial charge in [0.15, 0.2) is 0 Å². The van der Waals surface area contributed by atoms with Gasteiger partial charge in [0.25, 0.3) is 10.0 Å². The number of nitrogens with one attached hydrogen (secondary N) is 1. The average Bonchev–Trinajstić information content (AvgIpc) is 3.02. The molecule has 10 heteroatoms. The first kappa shape index (κ1) is 33.7. The van der Waals surface area contributed by atoms with Gasteiger partial charge in [-0.2, -0.15) is 0 Å². The largest absolute Gasteiger partial charge is 0.354 e.